The molecule has 1 amide bonds. The quantitative estimate of drug-likeness (QED) is 0.665. The molecule has 134 valence electrons. The van der Waals surface area contributed by atoms with E-state index >= 15 is 0 Å². The number of aryl methyl sites for hydroxylation is 1. The summed E-state index contributed by atoms with van der Waals surface area (Å²) in [5.41, 5.74) is 2.74. The number of anilines is 1. The van der Waals surface area contributed by atoms with Crippen LogP contribution in [-0.2, 0) is 11.2 Å². The molecule has 26 heavy (non-hydrogen) atoms. The van der Waals surface area contributed by atoms with Crippen LogP contribution in [0.4, 0.5) is 5.69 Å². The monoisotopic (exact) mass is 367 g/mol. The molecule has 2 heterocycles. The fourth-order valence-electron chi connectivity index (χ4n) is 2.40. The van der Waals surface area contributed by atoms with Crippen molar-refractivity contribution in [1.29, 1.82) is 0 Å². The van der Waals surface area contributed by atoms with Crippen molar-refractivity contribution in [3.8, 4) is 16.3 Å². The number of rotatable bonds is 7. The lowest BCUT2D eigenvalue weighted by Crippen LogP contribution is -2.12. The third kappa shape index (κ3) is 5.13. The molecule has 0 unspecified atom stereocenters. The number of thiazole rings is 1. The number of benzene rings is 1. The van der Waals surface area contributed by atoms with E-state index in [1.165, 1.54) is 0 Å². The first kappa shape index (κ1) is 18.1. The standard InChI is InChI=1S/C20H21N3O2S/c1-14(2)25-18-6-3-16(4-7-18)22-19(24)8-5-17-13-26-20(23-17)15-9-11-21-12-10-15/h3-4,6-7,9-14H,5,8H2,1-2H3,(H,22,24). The number of hydrogen-bond acceptors (Lipinski definition) is 5. The fourth-order valence-corrected chi connectivity index (χ4v) is 3.26. The highest BCUT2D eigenvalue weighted by molar-refractivity contribution is 7.13. The van der Waals surface area contributed by atoms with Crippen molar-refractivity contribution in [3.05, 3.63) is 59.9 Å². The van der Waals surface area contributed by atoms with Gasteiger partial charge in [-0.1, -0.05) is 0 Å². The highest BCUT2D eigenvalue weighted by Gasteiger charge is 2.08. The Labute approximate surface area is 157 Å². The molecule has 0 bridgehead atoms. The Kier molecular flexibility index (Phi) is 5.96. The third-order valence-electron chi connectivity index (χ3n) is 3.60. The summed E-state index contributed by atoms with van der Waals surface area (Å²) >= 11 is 1.58. The van der Waals surface area contributed by atoms with E-state index < -0.39 is 0 Å². The minimum absolute atomic E-state index is 0.0269. The summed E-state index contributed by atoms with van der Waals surface area (Å²) in [4.78, 5) is 20.8. The zero-order chi connectivity index (χ0) is 18.4. The van der Waals surface area contributed by atoms with Gasteiger partial charge in [0.25, 0.3) is 0 Å². The van der Waals surface area contributed by atoms with Crippen molar-refractivity contribution < 1.29 is 9.53 Å². The molecule has 0 saturated carbocycles. The van der Waals surface area contributed by atoms with Gasteiger partial charge in [-0.2, -0.15) is 0 Å². The first-order valence-electron chi connectivity index (χ1n) is 8.51. The molecule has 1 aromatic carbocycles. The Balaban J connectivity index is 1.50. The molecule has 3 rings (SSSR count). The van der Waals surface area contributed by atoms with Gasteiger partial charge in [0.15, 0.2) is 0 Å². The molecule has 0 aliphatic heterocycles. The molecular weight excluding hydrogens is 346 g/mol. The number of pyridine rings is 1. The van der Waals surface area contributed by atoms with Gasteiger partial charge in [-0.25, -0.2) is 4.98 Å². The molecule has 0 spiro atoms. The molecule has 2 aromatic heterocycles. The number of hydrogen-bond donors (Lipinski definition) is 1. The van der Waals surface area contributed by atoms with Crippen molar-refractivity contribution in [1.82, 2.24) is 9.97 Å². The van der Waals surface area contributed by atoms with Gasteiger partial charge < -0.3 is 10.1 Å². The number of nitrogens with zero attached hydrogens (tertiary/aromatic N) is 2. The summed E-state index contributed by atoms with van der Waals surface area (Å²) in [7, 11) is 0. The van der Waals surface area contributed by atoms with E-state index in [1.54, 1.807) is 23.7 Å². The summed E-state index contributed by atoms with van der Waals surface area (Å²) in [6, 6.07) is 11.3. The zero-order valence-corrected chi connectivity index (χ0v) is 15.6. The third-order valence-corrected chi connectivity index (χ3v) is 4.54. The molecule has 0 aliphatic carbocycles. The van der Waals surface area contributed by atoms with Crippen molar-refractivity contribution >= 4 is 22.9 Å². The largest absolute Gasteiger partial charge is 0.491 e. The number of aromatic nitrogens is 2. The molecule has 0 atom stereocenters. The van der Waals surface area contributed by atoms with Crippen LogP contribution in [0.2, 0.25) is 0 Å². The van der Waals surface area contributed by atoms with Crippen molar-refractivity contribution in [2.75, 3.05) is 5.32 Å². The first-order valence-corrected chi connectivity index (χ1v) is 9.39. The molecule has 6 heteroatoms. The Morgan fingerprint density at radius 2 is 1.88 bits per heavy atom. The van der Waals surface area contributed by atoms with Crippen LogP contribution in [0.3, 0.4) is 0 Å². The van der Waals surface area contributed by atoms with Crippen molar-refractivity contribution in [2.45, 2.75) is 32.8 Å². The molecule has 1 N–H and O–H groups in total. The minimum Gasteiger partial charge on any atom is -0.491 e. The number of amides is 1. The molecule has 0 fully saturated rings. The molecule has 5 nitrogen and oxygen atoms in total. The highest BCUT2D eigenvalue weighted by atomic mass is 32.1. The van der Waals surface area contributed by atoms with Crippen LogP contribution in [0.1, 0.15) is 26.0 Å². The van der Waals surface area contributed by atoms with Gasteiger partial charge in [-0.05, 0) is 56.7 Å². The lowest BCUT2D eigenvalue weighted by atomic mass is 10.2. The summed E-state index contributed by atoms with van der Waals surface area (Å²) in [5, 5.41) is 5.85. The smallest absolute Gasteiger partial charge is 0.224 e. The number of carbonyl (C=O) groups is 1. The van der Waals surface area contributed by atoms with E-state index in [0.717, 1.165) is 27.7 Å². The van der Waals surface area contributed by atoms with E-state index in [-0.39, 0.29) is 12.0 Å². The van der Waals surface area contributed by atoms with Crippen LogP contribution in [0, 0.1) is 0 Å². The first-order chi connectivity index (χ1) is 12.6. The second-order valence-corrected chi connectivity index (χ2v) is 6.98. The Morgan fingerprint density at radius 1 is 1.15 bits per heavy atom. The predicted octanol–water partition coefficient (Wildman–Crippen LogP) is 4.56. The van der Waals surface area contributed by atoms with Gasteiger partial charge in [0.1, 0.15) is 10.8 Å². The second-order valence-electron chi connectivity index (χ2n) is 6.12. The molecule has 0 aliphatic rings. The van der Waals surface area contributed by atoms with Crippen LogP contribution >= 0.6 is 11.3 Å². The minimum atomic E-state index is -0.0269. The number of nitrogens with one attached hydrogen (secondary N) is 1. The van der Waals surface area contributed by atoms with E-state index in [2.05, 4.69) is 15.3 Å². The van der Waals surface area contributed by atoms with E-state index in [0.29, 0.717) is 12.8 Å². The van der Waals surface area contributed by atoms with Gasteiger partial charge >= 0.3 is 0 Å². The summed E-state index contributed by atoms with van der Waals surface area (Å²) < 4.78 is 5.59. The van der Waals surface area contributed by atoms with Gasteiger partial charge in [0, 0.05) is 35.4 Å². The molecular formula is C20H21N3O2S. The number of carbonyl (C=O) groups excluding carboxylic acids is 1. The van der Waals surface area contributed by atoms with Gasteiger partial charge in [-0.3, -0.25) is 9.78 Å². The average Bonchev–Trinajstić information content (AvgIpc) is 3.11. The Hall–Kier alpha value is -2.73. The molecule has 0 radical (unpaired) electrons. The van der Waals surface area contributed by atoms with E-state index in [4.69, 9.17) is 4.74 Å². The predicted molar refractivity (Wildman–Crippen MR) is 105 cm³/mol. The van der Waals surface area contributed by atoms with Crippen LogP contribution in [0.5, 0.6) is 5.75 Å². The van der Waals surface area contributed by atoms with Gasteiger partial charge in [-0.15, -0.1) is 11.3 Å². The fraction of sp³-hybridized carbons (Fsp3) is 0.250. The van der Waals surface area contributed by atoms with Crippen LogP contribution < -0.4 is 10.1 Å². The van der Waals surface area contributed by atoms with Crippen LogP contribution in [-0.4, -0.2) is 22.0 Å². The van der Waals surface area contributed by atoms with E-state index in [1.807, 2.05) is 55.6 Å². The lowest BCUT2D eigenvalue weighted by molar-refractivity contribution is -0.116. The topological polar surface area (TPSA) is 64.1 Å². The highest BCUT2D eigenvalue weighted by Crippen LogP contribution is 2.23. The van der Waals surface area contributed by atoms with Gasteiger partial charge in [0.05, 0.1) is 11.8 Å². The molecule has 3 aromatic rings. The van der Waals surface area contributed by atoms with E-state index in [9.17, 15) is 4.79 Å². The Bertz CT molecular complexity index is 845. The second kappa shape index (κ2) is 8.58. The lowest BCUT2D eigenvalue weighted by Gasteiger charge is -2.10. The maximum absolute atomic E-state index is 12.2. The van der Waals surface area contributed by atoms with Crippen LogP contribution in [0.15, 0.2) is 54.2 Å². The average molecular weight is 367 g/mol. The summed E-state index contributed by atoms with van der Waals surface area (Å²) in [6.07, 6.45) is 4.64. The Morgan fingerprint density at radius 3 is 2.58 bits per heavy atom. The SMILES string of the molecule is CC(C)Oc1ccc(NC(=O)CCc2csc(-c3ccncc3)n2)cc1. The van der Waals surface area contributed by atoms with Crippen LogP contribution in [0.25, 0.3) is 10.6 Å². The van der Waals surface area contributed by atoms with Crippen molar-refractivity contribution in [3.63, 3.8) is 0 Å². The number of ether oxygens (including phenoxy) is 1. The summed E-state index contributed by atoms with van der Waals surface area (Å²) in [6.45, 7) is 3.96. The summed E-state index contributed by atoms with van der Waals surface area (Å²) in [5.74, 6) is 0.769. The van der Waals surface area contributed by atoms with Gasteiger partial charge in [0.2, 0.25) is 5.91 Å². The zero-order valence-electron chi connectivity index (χ0n) is 14.8. The normalized spacial score (nSPS) is 10.7. The molecule has 0 saturated heterocycles. The maximum atomic E-state index is 12.2. The van der Waals surface area contributed by atoms with Crippen molar-refractivity contribution in [2.24, 2.45) is 0 Å². The maximum Gasteiger partial charge on any atom is 0.224 e.